The van der Waals surface area contributed by atoms with E-state index in [1.165, 1.54) is 61.0 Å². The third-order valence-corrected chi connectivity index (χ3v) is 7.83. The Labute approximate surface area is 203 Å². The van der Waals surface area contributed by atoms with Gasteiger partial charge >= 0.3 is 0 Å². The topological polar surface area (TPSA) is 24.1 Å². The molecule has 2 saturated carbocycles. The third kappa shape index (κ3) is 7.01. The highest BCUT2D eigenvalue weighted by Gasteiger charge is 2.32. The maximum absolute atomic E-state index is 3.80. The summed E-state index contributed by atoms with van der Waals surface area (Å²) >= 11 is 0. The van der Waals surface area contributed by atoms with Crippen LogP contribution in [0.2, 0.25) is 0 Å². The summed E-state index contributed by atoms with van der Waals surface area (Å²) < 4.78 is 0. The molecule has 4 atom stereocenters. The van der Waals surface area contributed by atoms with Crippen LogP contribution >= 0.6 is 0 Å². The van der Waals surface area contributed by atoms with Gasteiger partial charge < -0.3 is 10.6 Å². The van der Waals surface area contributed by atoms with Crippen molar-refractivity contribution in [2.24, 2.45) is 22.7 Å². The Bertz CT molecular complexity index is 818. The molecule has 2 fully saturated rings. The Morgan fingerprint density at radius 1 is 0.606 bits per heavy atom. The second kappa shape index (κ2) is 9.72. The summed E-state index contributed by atoms with van der Waals surface area (Å²) in [5.74, 6) is 1.60. The van der Waals surface area contributed by atoms with Gasteiger partial charge in [-0.25, -0.2) is 0 Å². The molecule has 4 rings (SSSR count). The van der Waals surface area contributed by atoms with Crippen LogP contribution in [0, 0.1) is 22.7 Å². The van der Waals surface area contributed by atoms with E-state index < -0.39 is 0 Å². The molecule has 0 bridgehead atoms. The molecule has 0 amide bonds. The molecule has 2 aromatic carbocycles. The lowest BCUT2D eigenvalue weighted by Gasteiger charge is -2.39. The smallest absolute Gasteiger partial charge is 0.0342 e. The number of hydrogen-bond acceptors (Lipinski definition) is 2. The molecule has 4 unspecified atom stereocenters. The minimum Gasteiger partial charge on any atom is -0.382 e. The molecule has 0 aliphatic heterocycles. The van der Waals surface area contributed by atoms with E-state index in [0.29, 0.717) is 22.9 Å². The van der Waals surface area contributed by atoms with Crippen LogP contribution in [0.1, 0.15) is 91.2 Å². The van der Waals surface area contributed by atoms with Gasteiger partial charge in [-0.1, -0.05) is 65.8 Å². The molecule has 0 heterocycles. The van der Waals surface area contributed by atoms with E-state index in [1.54, 1.807) is 0 Å². The van der Waals surface area contributed by atoms with Crippen molar-refractivity contribution in [2.75, 3.05) is 10.6 Å². The Morgan fingerprint density at radius 2 is 0.970 bits per heavy atom. The SMILES string of the molecule is CC1CC(Nc2ccc(Cc3ccc(NC4CC(C)CC(C)(C)C4)cc3)cc2)CC(C)(C)C1. The van der Waals surface area contributed by atoms with E-state index in [1.807, 2.05) is 0 Å². The zero-order chi connectivity index (χ0) is 23.6. The highest BCUT2D eigenvalue weighted by Crippen LogP contribution is 2.40. The number of nitrogens with one attached hydrogen (secondary N) is 2. The molecular weight excluding hydrogens is 400 g/mol. The lowest BCUT2D eigenvalue weighted by molar-refractivity contribution is 0.177. The van der Waals surface area contributed by atoms with Crippen molar-refractivity contribution < 1.29 is 0 Å². The molecule has 0 radical (unpaired) electrons. The van der Waals surface area contributed by atoms with Gasteiger partial charge in [0.15, 0.2) is 0 Å². The normalized spacial score (nSPS) is 28.8. The van der Waals surface area contributed by atoms with Gasteiger partial charge in [-0.3, -0.25) is 0 Å². The van der Waals surface area contributed by atoms with E-state index in [-0.39, 0.29) is 0 Å². The Hall–Kier alpha value is -1.96. The predicted molar refractivity (Wildman–Crippen MR) is 144 cm³/mol. The van der Waals surface area contributed by atoms with Crippen LogP contribution in [0.5, 0.6) is 0 Å². The van der Waals surface area contributed by atoms with Crippen molar-refractivity contribution in [3.8, 4) is 0 Å². The summed E-state index contributed by atoms with van der Waals surface area (Å²) in [5.41, 5.74) is 6.17. The summed E-state index contributed by atoms with van der Waals surface area (Å²) in [5, 5.41) is 7.61. The molecule has 2 aliphatic carbocycles. The van der Waals surface area contributed by atoms with Gasteiger partial charge in [0, 0.05) is 23.5 Å². The van der Waals surface area contributed by atoms with Gasteiger partial charge in [-0.15, -0.1) is 0 Å². The fourth-order valence-electron chi connectivity index (χ4n) is 7.06. The molecule has 180 valence electrons. The standard InChI is InChI=1S/C31H46N2/c1-22-15-28(20-30(3,4)18-22)32-26-11-7-24(8-12-26)17-25-9-13-27(14-10-25)33-29-16-23(2)19-31(5,6)21-29/h7-14,22-23,28-29,32-33H,15-21H2,1-6H3. The molecule has 33 heavy (non-hydrogen) atoms. The summed E-state index contributed by atoms with van der Waals surface area (Å²) in [6.45, 7) is 14.5. The van der Waals surface area contributed by atoms with Gasteiger partial charge in [0.25, 0.3) is 0 Å². The first-order chi connectivity index (χ1) is 15.6. The van der Waals surface area contributed by atoms with E-state index in [0.717, 1.165) is 18.3 Å². The predicted octanol–water partition coefficient (Wildman–Crippen LogP) is 8.53. The molecule has 2 aliphatic rings. The lowest BCUT2D eigenvalue weighted by Crippen LogP contribution is -2.35. The quantitative estimate of drug-likeness (QED) is 0.464. The number of hydrogen-bond donors (Lipinski definition) is 2. The van der Waals surface area contributed by atoms with Gasteiger partial charge in [0.05, 0.1) is 0 Å². The fraction of sp³-hybridized carbons (Fsp3) is 0.613. The van der Waals surface area contributed by atoms with E-state index in [4.69, 9.17) is 0 Å². The molecule has 0 saturated heterocycles. The molecule has 2 nitrogen and oxygen atoms in total. The average Bonchev–Trinajstić information content (AvgIpc) is 2.68. The summed E-state index contributed by atoms with van der Waals surface area (Å²) in [4.78, 5) is 0. The fourth-order valence-corrected chi connectivity index (χ4v) is 7.06. The molecule has 2 N–H and O–H groups in total. The monoisotopic (exact) mass is 446 g/mol. The van der Waals surface area contributed by atoms with Gasteiger partial charge in [-0.2, -0.15) is 0 Å². The first-order valence-corrected chi connectivity index (χ1v) is 13.3. The minimum absolute atomic E-state index is 0.446. The van der Waals surface area contributed by atoms with Crippen molar-refractivity contribution in [1.29, 1.82) is 0 Å². The molecule has 0 spiro atoms. The maximum atomic E-state index is 3.80. The second-order valence-corrected chi connectivity index (χ2v) is 13.1. The van der Waals surface area contributed by atoms with Crippen molar-refractivity contribution in [1.82, 2.24) is 0 Å². The van der Waals surface area contributed by atoms with Crippen LogP contribution in [-0.2, 0) is 6.42 Å². The Balaban J connectivity index is 1.30. The van der Waals surface area contributed by atoms with Crippen LogP contribution in [-0.4, -0.2) is 12.1 Å². The Morgan fingerprint density at radius 3 is 1.30 bits per heavy atom. The van der Waals surface area contributed by atoms with Crippen LogP contribution in [0.4, 0.5) is 11.4 Å². The maximum Gasteiger partial charge on any atom is 0.0342 e. The van der Waals surface area contributed by atoms with E-state index in [9.17, 15) is 0 Å². The van der Waals surface area contributed by atoms with Crippen LogP contribution in [0.25, 0.3) is 0 Å². The second-order valence-electron chi connectivity index (χ2n) is 13.1. The van der Waals surface area contributed by atoms with E-state index >= 15 is 0 Å². The highest BCUT2D eigenvalue weighted by atomic mass is 14.9. The van der Waals surface area contributed by atoms with Crippen molar-refractivity contribution in [3.63, 3.8) is 0 Å². The average molecular weight is 447 g/mol. The minimum atomic E-state index is 0.446. The zero-order valence-electron chi connectivity index (χ0n) is 21.9. The van der Waals surface area contributed by atoms with Gasteiger partial charge in [0.2, 0.25) is 0 Å². The molecular formula is C31H46N2. The number of rotatable bonds is 6. The Kier molecular flexibility index (Phi) is 7.12. The van der Waals surface area contributed by atoms with E-state index in [2.05, 4.69) is 101 Å². The van der Waals surface area contributed by atoms with Gasteiger partial charge in [0.1, 0.15) is 0 Å². The van der Waals surface area contributed by atoms with Gasteiger partial charge in [-0.05, 0) is 103 Å². The lowest BCUT2D eigenvalue weighted by atomic mass is 9.70. The summed E-state index contributed by atoms with van der Waals surface area (Å²) in [6.07, 6.45) is 8.76. The molecule has 0 aromatic heterocycles. The molecule has 2 heteroatoms. The summed E-state index contributed by atoms with van der Waals surface area (Å²) in [6, 6.07) is 19.4. The van der Waals surface area contributed by atoms with Crippen LogP contribution in [0.3, 0.4) is 0 Å². The van der Waals surface area contributed by atoms with Crippen LogP contribution in [0.15, 0.2) is 48.5 Å². The number of anilines is 2. The highest BCUT2D eigenvalue weighted by molar-refractivity contribution is 5.48. The van der Waals surface area contributed by atoms with Crippen molar-refractivity contribution in [2.45, 2.75) is 98.6 Å². The van der Waals surface area contributed by atoms with Crippen molar-refractivity contribution in [3.05, 3.63) is 59.7 Å². The summed E-state index contributed by atoms with van der Waals surface area (Å²) in [7, 11) is 0. The largest absolute Gasteiger partial charge is 0.382 e. The third-order valence-electron chi connectivity index (χ3n) is 7.83. The van der Waals surface area contributed by atoms with Crippen LogP contribution < -0.4 is 10.6 Å². The first-order valence-electron chi connectivity index (χ1n) is 13.3. The zero-order valence-corrected chi connectivity index (χ0v) is 21.9. The first kappa shape index (κ1) is 24.2. The molecule has 2 aromatic rings. The van der Waals surface area contributed by atoms with Crippen molar-refractivity contribution >= 4 is 11.4 Å². The number of benzene rings is 2.